The van der Waals surface area contributed by atoms with E-state index in [1.807, 2.05) is 17.1 Å². The SMILES string of the molecule is Brc1cnn(Cc2ccccc2CCNC2CC2)c1. The molecule has 100 valence electrons. The van der Waals surface area contributed by atoms with Crippen LogP contribution < -0.4 is 5.32 Å². The Balaban J connectivity index is 1.65. The van der Waals surface area contributed by atoms with Gasteiger partial charge in [0.2, 0.25) is 0 Å². The predicted octanol–water partition coefficient (Wildman–Crippen LogP) is 2.99. The van der Waals surface area contributed by atoms with Crippen molar-refractivity contribution < 1.29 is 0 Å². The van der Waals surface area contributed by atoms with E-state index >= 15 is 0 Å². The van der Waals surface area contributed by atoms with Crippen LogP contribution in [0.3, 0.4) is 0 Å². The van der Waals surface area contributed by atoms with Crippen LogP contribution in [0.4, 0.5) is 0 Å². The van der Waals surface area contributed by atoms with Crippen LogP contribution in [0.15, 0.2) is 41.1 Å². The third-order valence-electron chi connectivity index (χ3n) is 3.46. The Morgan fingerprint density at radius 1 is 1.26 bits per heavy atom. The van der Waals surface area contributed by atoms with Crippen molar-refractivity contribution in [1.29, 1.82) is 0 Å². The molecule has 1 aromatic carbocycles. The van der Waals surface area contributed by atoms with E-state index in [1.165, 1.54) is 24.0 Å². The van der Waals surface area contributed by atoms with E-state index in [2.05, 4.69) is 50.6 Å². The summed E-state index contributed by atoms with van der Waals surface area (Å²) in [6.45, 7) is 1.91. The van der Waals surface area contributed by atoms with E-state index in [4.69, 9.17) is 0 Å². The highest BCUT2D eigenvalue weighted by atomic mass is 79.9. The van der Waals surface area contributed by atoms with Crippen LogP contribution in [-0.2, 0) is 13.0 Å². The monoisotopic (exact) mass is 319 g/mol. The van der Waals surface area contributed by atoms with E-state index in [0.29, 0.717) is 0 Å². The van der Waals surface area contributed by atoms with Gasteiger partial charge < -0.3 is 5.32 Å². The van der Waals surface area contributed by atoms with Gasteiger partial charge in [0.15, 0.2) is 0 Å². The zero-order valence-electron chi connectivity index (χ0n) is 10.8. The molecule has 0 aliphatic heterocycles. The minimum atomic E-state index is 0.786. The van der Waals surface area contributed by atoms with Crippen molar-refractivity contribution in [3.05, 3.63) is 52.3 Å². The minimum Gasteiger partial charge on any atom is -0.314 e. The van der Waals surface area contributed by atoms with Gasteiger partial charge in [-0.15, -0.1) is 0 Å². The number of aromatic nitrogens is 2. The summed E-state index contributed by atoms with van der Waals surface area (Å²) >= 11 is 3.44. The molecule has 0 radical (unpaired) electrons. The van der Waals surface area contributed by atoms with E-state index in [0.717, 1.165) is 30.0 Å². The van der Waals surface area contributed by atoms with Gasteiger partial charge in [-0.2, -0.15) is 5.10 Å². The molecular weight excluding hydrogens is 302 g/mol. The first kappa shape index (κ1) is 12.9. The van der Waals surface area contributed by atoms with Crippen molar-refractivity contribution >= 4 is 15.9 Å². The van der Waals surface area contributed by atoms with Crippen LogP contribution in [0.2, 0.25) is 0 Å². The summed E-state index contributed by atoms with van der Waals surface area (Å²) in [5, 5.41) is 7.90. The summed E-state index contributed by atoms with van der Waals surface area (Å²) in [6, 6.07) is 9.43. The molecule has 19 heavy (non-hydrogen) atoms. The zero-order chi connectivity index (χ0) is 13.1. The Labute approximate surface area is 122 Å². The minimum absolute atomic E-state index is 0.786. The van der Waals surface area contributed by atoms with E-state index in [-0.39, 0.29) is 0 Å². The van der Waals surface area contributed by atoms with Crippen LogP contribution in [0, 0.1) is 0 Å². The van der Waals surface area contributed by atoms with Crippen LogP contribution in [0.5, 0.6) is 0 Å². The molecule has 0 unspecified atom stereocenters. The van der Waals surface area contributed by atoms with Crippen molar-refractivity contribution in [3.63, 3.8) is 0 Å². The lowest BCUT2D eigenvalue weighted by Gasteiger charge is -2.10. The van der Waals surface area contributed by atoms with Gasteiger partial charge >= 0.3 is 0 Å². The van der Waals surface area contributed by atoms with Crippen molar-refractivity contribution in [1.82, 2.24) is 15.1 Å². The van der Waals surface area contributed by atoms with Crippen molar-refractivity contribution in [3.8, 4) is 0 Å². The molecule has 1 fully saturated rings. The summed E-state index contributed by atoms with van der Waals surface area (Å²) in [6.07, 6.45) is 7.64. The predicted molar refractivity (Wildman–Crippen MR) is 80.2 cm³/mol. The molecule has 3 rings (SSSR count). The maximum absolute atomic E-state index is 4.32. The molecule has 0 bridgehead atoms. The van der Waals surface area contributed by atoms with Gasteiger partial charge in [0.1, 0.15) is 0 Å². The molecule has 1 heterocycles. The molecule has 0 amide bonds. The normalized spacial score (nSPS) is 14.8. The third kappa shape index (κ3) is 3.67. The molecule has 0 saturated heterocycles. The number of nitrogens with one attached hydrogen (secondary N) is 1. The second-order valence-electron chi connectivity index (χ2n) is 5.10. The summed E-state index contributed by atoms with van der Waals surface area (Å²) in [7, 11) is 0. The topological polar surface area (TPSA) is 29.9 Å². The molecule has 1 aromatic heterocycles. The first-order chi connectivity index (χ1) is 9.31. The molecule has 1 aliphatic carbocycles. The van der Waals surface area contributed by atoms with E-state index in [1.54, 1.807) is 0 Å². The van der Waals surface area contributed by atoms with Crippen LogP contribution in [-0.4, -0.2) is 22.4 Å². The molecule has 2 aromatic rings. The molecule has 1 saturated carbocycles. The van der Waals surface area contributed by atoms with Crippen molar-refractivity contribution in [2.45, 2.75) is 31.8 Å². The smallest absolute Gasteiger partial charge is 0.0662 e. The number of hydrogen-bond donors (Lipinski definition) is 1. The Kier molecular flexibility index (Phi) is 3.99. The third-order valence-corrected chi connectivity index (χ3v) is 3.87. The fourth-order valence-corrected chi connectivity index (χ4v) is 2.58. The highest BCUT2D eigenvalue weighted by Crippen LogP contribution is 2.19. The Morgan fingerprint density at radius 3 is 2.74 bits per heavy atom. The van der Waals surface area contributed by atoms with Crippen LogP contribution >= 0.6 is 15.9 Å². The largest absolute Gasteiger partial charge is 0.314 e. The lowest BCUT2D eigenvalue weighted by atomic mass is 10.0. The average molecular weight is 320 g/mol. The molecule has 4 heteroatoms. The number of benzene rings is 1. The molecular formula is C15H18BrN3. The number of halogens is 1. The van der Waals surface area contributed by atoms with Gasteiger partial charge in [-0.3, -0.25) is 4.68 Å². The fourth-order valence-electron chi connectivity index (χ4n) is 2.25. The lowest BCUT2D eigenvalue weighted by molar-refractivity contribution is 0.659. The summed E-state index contributed by atoms with van der Waals surface area (Å²) in [5.74, 6) is 0. The highest BCUT2D eigenvalue weighted by Gasteiger charge is 2.19. The summed E-state index contributed by atoms with van der Waals surface area (Å²) in [5.41, 5.74) is 2.78. The first-order valence-corrected chi connectivity index (χ1v) is 7.59. The number of rotatable bonds is 6. The van der Waals surface area contributed by atoms with Crippen molar-refractivity contribution in [2.24, 2.45) is 0 Å². The second kappa shape index (κ2) is 5.88. The second-order valence-corrected chi connectivity index (χ2v) is 6.02. The van der Waals surface area contributed by atoms with Gasteiger partial charge in [0, 0.05) is 12.2 Å². The number of nitrogens with zero attached hydrogens (tertiary/aromatic N) is 2. The molecule has 0 spiro atoms. The Hall–Kier alpha value is -1.13. The Bertz CT molecular complexity index is 546. The maximum atomic E-state index is 4.32. The summed E-state index contributed by atoms with van der Waals surface area (Å²) < 4.78 is 3.00. The maximum Gasteiger partial charge on any atom is 0.0662 e. The van der Waals surface area contributed by atoms with E-state index in [9.17, 15) is 0 Å². The van der Waals surface area contributed by atoms with Gasteiger partial charge in [-0.1, -0.05) is 24.3 Å². The quantitative estimate of drug-likeness (QED) is 0.887. The van der Waals surface area contributed by atoms with Crippen LogP contribution in [0.1, 0.15) is 24.0 Å². The van der Waals surface area contributed by atoms with Gasteiger partial charge in [0.05, 0.1) is 17.2 Å². The summed E-state index contributed by atoms with van der Waals surface area (Å²) in [4.78, 5) is 0. The molecule has 3 nitrogen and oxygen atoms in total. The fraction of sp³-hybridized carbons (Fsp3) is 0.400. The molecule has 1 aliphatic rings. The lowest BCUT2D eigenvalue weighted by Crippen LogP contribution is -2.20. The highest BCUT2D eigenvalue weighted by molar-refractivity contribution is 9.10. The van der Waals surface area contributed by atoms with Gasteiger partial charge in [0.25, 0.3) is 0 Å². The zero-order valence-corrected chi connectivity index (χ0v) is 12.4. The Morgan fingerprint density at radius 2 is 2.05 bits per heavy atom. The standard InChI is InChI=1S/C15H18BrN3/c16-14-9-18-19(11-14)10-13-4-2-1-3-12(13)7-8-17-15-5-6-15/h1-4,9,11,15,17H,5-8,10H2. The van der Waals surface area contributed by atoms with E-state index < -0.39 is 0 Å². The average Bonchev–Trinajstić information content (AvgIpc) is 3.14. The first-order valence-electron chi connectivity index (χ1n) is 6.79. The molecule has 0 atom stereocenters. The van der Waals surface area contributed by atoms with Gasteiger partial charge in [-0.25, -0.2) is 0 Å². The molecule has 1 N–H and O–H groups in total. The van der Waals surface area contributed by atoms with Crippen molar-refractivity contribution in [2.75, 3.05) is 6.54 Å². The van der Waals surface area contributed by atoms with Gasteiger partial charge in [-0.05, 0) is 52.9 Å². The van der Waals surface area contributed by atoms with Crippen LogP contribution in [0.25, 0.3) is 0 Å². The number of hydrogen-bond acceptors (Lipinski definition) is 2.